The zero-order valence-corrected chi connectivity index (χ0v) is 9.64. The summed E-state index contributed by atoms with van der Waals surface area (Å²) in [6.07, 6.45) is -0.649. The van der Waals surface area contributed by atoms with Gasteiger partial charge in [-0.05, 0) is 31.5 Å². The maximum atomic E-state index is 11.9. The monoisotopic (exact) mass is 235 g/mol. The summed E-state index contributed by atoms with van der Waals surface area (Å²) in [4.78, 5) is 23.9. The lowest BCUT2D eigenvalue weighted by atomic mass is 10.1. The van der Waals surface area contributed by atoms with E-state index in [1.165, 1.54) is 4.90 Å². The number of aryl methyl sites for hydroxylation is 1. The highest BCUT2D eigenvalue weighted by Gasteiger charge is 2.32. The number of hydrogen-bond donors (Lipinski definition) is 1. The maximum absolute atomic E-state index is 11.9. The molecule has 0 radical (unpaired) electrons. The molecule has 90 valence electrons. The molecular formula is C12H13NO4. The number of hydrogen-bond acceptors (Lipinski definition) is 3. The Kier molecular flexibility index (Phi) is 2.75. The molecule has 5 heteroatoms. The molecule has 0 bridgehead atoms. The van der Waals surface area contributed by atoms with Crippen molar-refractivity contribution < 1.29 is 19.4 Å². The summed E-state index contributed by atoms with van der Waals surface area (Å²) in [5.41, 5.74) is 1.47. The topological polar surface area (TPSA) is 66.8 Å². The average Bonchev–Trinajstić information content (AvgIpc) is 2.25. The summed E-state index contributed by atoms with van der Waals surface area (Å²) in [5.74, 6) is -0.825. The molecule has 1 unspecified atom stereocenters. The molecule has 0 fully saturated rings. The first-order chi connectivity index (χ1) is 7.99. The lowest BCUT2D eigenvalue weighted by Gasteiger charge is -2.32. The second kappa shape index (κ2) is 4.08. The zero-order chi connectivity index (χ0) is 12.6. The van der Waals surface area contributed by atoms with E-state index in [2.05, 4.69) is 0 Å². The van der Waals surface area contributed by atoms with Crippen LogP contribution in [0.4, 0.5) is 5.69 Å². The zero-order valence-electron chi connectivity index (χ0n) is 9.64. The van der Waals surface area contributed by atoms with Gasteiger partial charge in [0.25, 0.3) is 5.91 Å². The predicted molar refractivity (Wildman–Crippen MR) is 61.3 cm³/mol. The highest BCUT2D eigenvalue weighted by atomic mass is 16.5. The molecular weight excluding hydrogens is 222 g/mol. The van der Waals surface area contributed by atoms with Crippen molar-refractivity contribution in [2.24, 2.45) is 0 Å². The van der Waals surface area contributed by atoms with E-state index < -0.39 is 12.1 Å². The Hall–Kier alpha value is -2.04. The second-order valence-corrected chi connectivity index (χ2v) is 4.05. The summed E-state index contributed by atoms with van der Waals surface area (Å²) < 4.78 is 5.43. The Morgan fingerprint density at radius 3 is 2.88 bits per heavy atom. The molecule has 1 heterocycles. The lowest BCUT2D eigenvalue weighted by Crippen LogP contribution is -2.46. The first-order valence-electron chi connectivity index (χ1n) is 5.29. The van der Waals surface area contributed by atoms with Crippen molar-refractivity contribution in [1.29, 1.82) is 0 Å². The smallest absolute Gasteiger partial charge is 0.323 e. The first-order valence-corrected chi connectivity index (χ1v) is 5.29. The SMILES string of the molecule is Cc1ccc2c(c1)N(CC(=O)O)C(=O)C(C)O2. The third kappa shape index (κ3) is 2.08. The minimum absolute atomic E-state index is 0.328. The van der Waals surface area contributed by atoms with Crippen molar-refractivity contribution in [3.8, 4) is 5.75 Å². The Labute approximate surface area is 98.6 Å². The Morgan fingerprint density at radius 2 is 2.24 bits per heavy atom. The second-order valence-electron chi connectivity index (χ2n) is 4.05. The summed E-state index contributed by atoms with van der Waals surface area (Å²) >= 11 is 0. The van der Waals surface area contributed by atoms with E-state index in [9.17, 15) is 9.59 Å². The van der Waals surface area contributed by atoms with E-state index in [4.69, 9.17) is 9.84 Å². The summed E-state index contributed by atoms with van der Waals surface area (Å²) in [7, 11) is 0. The number of carbonyl (C=O) groups excluding carboxylic acids is 1. The van der Waals surface area contributed by atoms with E-state index in [0.29, 0.717) is 11.4 Å². The molecule has 2 rings (SSSR count). The number of benzene rings is 1. The van der Waals surface area contributed by atoms with Crippen molar-refractivity contribution in [3.05, 3.63) is 23.8 Å². The van der Waals surface area contributed by atoms with E-state index in [1.807, 2.05) is 13.0 Å². The third-order valence-corrected chi connectivity index (χ3v) is 2.62. The number of amides is 1. The molecule has 1 aromatic rings. The number of nitrogens with zero attached hydrogens (tertiary/aromatic N) is 1. The summed E-state index contributed by atoms with van der Waals surface area (Å²) in [6.45, 7) is 3.14. The van der Waals surface area contributed by atoms with Crippen LogP contribution in [0.25, 0.3) is 0 Å². The van der Waals surface area contributed by atoms with Crippen LogP contribution in [0.2, 0.25) is 0 Å². The van der Waals surface area contributed by atoms with Crippen LogP contribution in [0, 0.1) is 6.92 Å². The highest BCUT2D eigenvalue weighted by molar-refractivity contribution is 6.02. The van der Waals surface area contributed by atoms with Crippen LogP contribution in [0.15, 0.2) is 18.2 Å². The number of fused-ring (bicyclic) bond motifs is 1. The lowest BCUT2D eigenvalue weighted by molar-refractivity contribution is -0.137. The van der Waals surface area contributed by atoms with Crippen LogP contribution in [0.3, 0.4) is 0 Å². The van der Waals surface area contributed by atoms with Gasteiger partial charge in [-0.15, -0.1) is 0 Å². The van der Waals surface area contributed by atoms with E-state index >= 15 is 0 Å². The number of anilines is 1. The first kappa shape index (κ1) is 11.4. The van der Waals surface area contributed by atoms with E-state index in [0.717, 1.165) is 5.56 Å². The fourth-order valence-electron chi connectivity index (χ4n) is 1.82. The minimum Gasteiger partial charge on any atom is -0.480 e. The summed E-state index contributed by atoms with van der Waals surface area (Å²) in [6, 6.07) is 5.37. The Balaban J connectivity index is 2.46. The van der Waals surface area contributed by atoms with Crippen LogP contribution in [0.1, 0.15) is 12.5 Å². The summed E-state index contributed by atoms with van der Waals surface area (Å²) in [5, 5.41) is 8.83. The van der Waals surface area contributed by atoms with Gasteiger partial charge in [0.05, 0.1) is 5.69 Å². The van der Waals surface area contributed by atoms with Crippen LogP contribution in [-0.4, -0.2) is 29.6 Å². The van der Waals surface area contributed by atoms with E-state index in [-0.39, 0.29) is 12.5 Å². The number of aliphatic carboxylic acids is 1. The predicted octanol–water partition coefficient (Wildman–Crippen LogP) is 1.19. The van der Waals surface area contributed by atoms with Gasteiger partial charge < -0.3 is 9.84 Å². The molecule has 1 aliphatic rings. The number of carboxylic acid groups (broad SMARTS) is 1. The van der Waals surface area contributed by atoms with Crippen molar-refractivity contribution in [2.75, 3.05) is 11.4 Å². The van der Waals surface area contributed by atoms with Crippen LogP contribution in [-0.2, 0) is 9.59 Å². The van der Waals surface area contributed by atoms with Crippen LogP contribution in [0.5, 0.6) is 5.75 Å². The van der Waals surface area contributed by atoms with Gasteiger partial charge in [0, 0.05) is 0 Å². The average molecular weight is 235 g/mol. The fourth-order valence-corrected chi connectivity index (χ4v) is 1.82. The molecule has 0 saturated heterocycles. The fraction of sp³-hybridized carbons (Fsp3) is 0.333. The highest BCUT2D eigenvalue weighted by Crippen LogP contribution is 2.34. The third-order valence-electron chi connectivity index (χ3n) is 2.62. The molecule has 0 aliphatic carbocycles. The largest absolute Gasteiger partial charge is 0.480 e. The van der Waals surface area contributed by atoms with Crippen molar-refractivity contribution in [3.63, 3.8) is 0 Å². The molecule has 1 amide bonds. The van der Waals surface area contributed by atoms with Gasteiger partial charge in [0.15, 0.2) is 6.10 Å². The van der Waals surface area contributed by atoms with Crippen molar-refractivity contribution >= 4 is 17.6 Å². The van der Waals surface area contributed by atoms with Crippen molar-refractivity contribution in [2.45, 2.75) is 20.0 Å². The molecule has 0 aromatic heterocycles. The molecule has 17 heavy (non-hydrogen) atoms. The Morgan fingerprint density at radius 1 is 1.53 bits per heavy atom. The van der Waals surface area contributed by atoms with Crippen LogP contribution < -0.4 is 9.64 Å². The minimum atomic E-state index is -1.04. The van der Waals surface area contributed by atoms with Gasteiger partial charge >= 0.3 is 5.97 Å². The molecule has 0 spiro atoms. The molecule has 5 nitrogen and oxygen atoms in total. The molecule has 1 aliphatic heterocycles. The molecule has 0 saturated carbocycles. The quantitative estimate of drug-likeness (QED) is 0.836. The van der Waals surface area contributed by atoms with Crippen molar-refractivity contribution in [1.82, 2.24) is 0 Å². The maximum Gasteiger partial charge on any atom is 0.323 e. The molecule has 1 atom stereocenters. The standard InChI is InChI=1S/C12H13NO4/c1-7-3-4-10-9(5-7)13(6-11(14)15)12(16)8(2)17-10/h3-5,8H,6H2,1-2H3,(H,14,15). The molecule has 1 aromatic carbocycles. The van der Waals surface area contributed by atoms with Gasteiger partial charge in [0.1, 0.15) is 12.3 Å². The Bertz CT molecular complexity index is 483. The van der Waals surface area contributed by atoms with Gasteiger partial charge in [-0.25, -0.2) is 0 Å². The van der Waals surface area contributed by atoms with Gasteiger partial charge in [-0.1, -0.05) is 6.07 Å². The number of rotatable bonds is 2. The molecule has 1 N–H and O–H groups in total. The van der Waals surface area contributed by atoms with Gasteiger partial charge in [-0.2, -0.15) is 0 Å². The van der Waals surface area contributed by atoms with Gasteiger partial charge in [-0.3, -0.25) is 14.5 Å². The van der Waals surface area contributed by atoms with Crippen LogP contribution >= 0.6 is 0 Å². The van der Waals surface area contributed by atoms with E-state index in [1.54, 1.807) is 19.1 Å². The van der Waals surface area contributed by atoms with Gasteiger partial charge in [0.2, 0.25) is 0 Å². The number of carbonyl (C=O) groups is 2. The normalized spacial score (nSPS) is 18.6. The number of carboxylic acids is 1. The number of ether oxygens (including phenoxy) is 1.